The molecule has 0 saturated carbocycles. The third kappa shape index (κ3) is 2.75. The number of hydrogen-bond donors (Lipinski definition) is 2. The number of nitrogens with zero attached hydrogens (tertiary/aromatic N) is 4. The van der Waals surface area contributed by atoms with Crippen LogP contribution in [0, 0.1) is 0 Å². The van der Waals surface area contributed by atoms with Crippen LogP contribution in [0.4, 0.5) is 5.82 Å². The van der Waals surface area contributed by atoms with Crippen molar-refractivity contribution in [2.24, 2.45) is 0 Å². The summed E-state index contributed by atoms with van der Waals surface area (Å²) >= 11 is 0. The van der Waals surface area contributed by atoms with Crippen LogP contribution in [0.5, 0.6) is 0 Å². The summed E-state index contributed by atoms with van der Waals surface area (Å²) in [4.78, 5) is 16.3. The lowest BCUT2D eigenvalue weighted by molar-refractivity contribution is -0.214. The quantitative estimate of drug-likeness (QED) is 0.590. The third-order valence-electron chi connectivity index (χ3n) is 4.98. The summed E-state index contributed by atoms with van der Waals surface area (Å²) in [5.74, 6) is 0.965. The number of aliphatic hydroxyl groups excluding tert-OH is 1. The lowest BCUT2D eigenvalue weighted by Crippen LogP contribution is -2.58. The number of H-pyrrole nitrogens is 1. The lowest BCUT2D eigenvalue weighted by atomic mass is 10.2. The predicted octanol–water partition coefficient (Wildman–Crippen LogP) is 0.550. The van der Waals surface area contributed by atoms with E-state index in [-0.39, 0.29) is 12.1 Å². The molecule has 3 unspecified atom stereocenters. The fourth-order valence-corrected chi connectivity index (χ4v) is 3.90. The first kappa shape index (κ1) is 15.8. The normalized spacial score (nSPS) is 25.5. The second kappa shape index (κ2) is 6.64. The van der Waals surface area contributed by atoms with Gasteiger partial charge in [0.25, 0.3) is 0 Å². The van der Waals surface area contributed by atoms with Gasteiger partial charge >= 0.3 is 0 Å². The molecule has 8 heteroatoms. The first-order chi connectivity index (χ1) is 11.8. The van der Waals surface area contributed by atoms with E-state index < -0.39 is 6.41 Å². The highest BCUT2D eigenvalue weighted by molar-refractivity contribution is 5.87. The highest BCUT2D eigenvalue weighted by Crippen LogP contribution is 2.35. The molecule has 4 rings (SSSR count). The fourth-order valence-electron chi connectivity index (χ4n) is 3.90. The van der Waals surface area contributed by atoms with Crippen LogP contribution >= 0.6 is 0 Å². The topological polar surface area (TPSA) is 86.7 Å². The van der Waals surface area contributed by atoms with E-state index in [2.05, 4.69) is 24.8 Å². The maximum Gasteiger partial charge on any atom is 0.216 e. The Morgan fingerprint density at radius 2 is 2.08 bits per heavy atom. The second-order valence-electron chi connectivity index (χ2n) is 6.36. The number of piperazine rings is 1. The number of rotatable bonds is 6. The smallest absolute Gasteiger partial charge is 0.216 e. The molecule has 130 valence electrons. The predicted molar refractivity (Wildman–Crippen MR) is 88.6 cm³/mol. The van der Waals surface area contributed by atoms with Gasteiger partial charge in [-0.3, -0.25) is 0 Å². The van der Waals surface area contributed by atoms with E-state index in [1.807, 2.05) is 12.3 Å². The van der Waals surface area contributed by atoms with Crippen molar-refractivity contribution >= 4 is 16.9 Å². The molecular formula is C16H23N5O3. The van der Waals surface area contributed by atoms with Crippen LogP contribution in [-0.2, 0) is 9.47 Å². The van der Waals surface area contributed by atoms with E-state index in [1.54, 1.807) is 13.4 Å². The number of ether oxygens (including phenoxy) is 2. The van der Waals surface area contributed by atoms with E-state index in [9.17, 15) is 5.11 Å². The third-order valence-corrected chi connectivity index (χ3v) is 4.98. The van der Waals surface area contributed by atoms with Gasteiger partial charge in [0, 0.05) is 38.5 Å². The molecule has 3 atom stereocenters. The zero-order chi connectivity index (χ0) is 16.5. The Morgan fingerprint density at radius 3 is 2.83 bits per heavy atom. The minimum Gasteiger partial charge on any atom is -0.382 e. The van der Waals surface area contributed by atoms with Crippen LogP contribution in [0.1, 0.15) is 12.8 Å². The molecule has 0 spiro atoms. The number of aromatic amines is 1. The van der Waals surface area contributed by atoms with E-state index in [0.717, 1.165) is 42.8 Å². The highest BCUT2D eigenvalue weighted by Gasteiger charge is 2.44. The number of hydrogen-bond acceptors (Lipinski definition) is 7. The molecule has 0 amide bonds. The maximum absolute atomic E-state index is 10.4. The minimum absolute atomic E-state index is 0.269. The molecule has 2 aliphatic heterocycles. The molecule has 2 bridgehead atoms. The van der Waals surface area contributed by atoms with Crippen molar-refractivity contribution in [3.63, 3.8) is 0 Å². The highest BCUT2D eigenvalue weighted by atomic mass is 16.6. The van der Waals surface area contributed by atoms with Crippen LogP contribution in [0.2, 0.25) is 0 Å². The SMILES string of the molecule is COCCOC(O)N1C2CCC1CN(c1ncnc3[nH]ccc13)C2. The van der Waals surface area contributed by atoms with E-state index in [1.165, 1.54) is 0 Å². The molecular weight excluding hydrogens is 310 g/mol. The molecule has 0 aliphatic carbocycles. The standard InChI is InChI=1S/C16H23N5O3/c1-23-6-7-24-16(22)21-11-2-3-12(21)9-20(8-11)15-13-4-5-17-14(13)18-10-19-15/h4-5,10-12,16,22H,2-3,6-9H2,1H3,(H,17,18,19). The molecule has 2 aromatic rings. The van der Waals surface area contributed by atoms with Crippen molar-refractivity contribution < 1.29 is 14.6 Å². The van der Waals surface area contributed by atoms with Crippen molar-refractivity contribution in [3.05, 3.63) is 18.6 Å². The minimum atomic E-state index is -0.863. The van der Waals surface area contributed by atoms with Crippen molar-refractivity contribution in [3.8, 4) is 0 Å². The van der Waals surface area contributed by atoms with E-state index >= 15 is 0 Å². The monoisotopic (exact) mass is 333 g/mol. The Labute approximate surface area is 140 Å². The number of nitrogens with one attached hydrogen (secondary N) is 1. The largest absolute Gasteiger partial charge is 0.382 e. The van der Waals surface area contributed by atoms with Gasteiger partial charge in [-0.05, 0) is 18.9 Å². The first-order valence-electron chi connectivity index (χ1n) is 8.37. The Morgan fingerprint density at radius 1 is 1.29 bits per heavy atom. The Hall–Kier alpha value is -1.74. The van der Waals surface area contributed by atoms with Crippen molar-refractivity contribution in [1.29, 1.82) is 0 Å². The molecule has 2 N–H and O–H groups in total. The van der Waals surface area contributed by atoms with Gasteiger partial charge in [-0.1, -0.05) is 0 Å². The van der Waals surface area contributed by atoms with Crippen LogP contribution in [-0.4, -0.2) is 76.9 Å². The average molecular weight is 333 g/mol. The molecule has 2 aromatic heterocycles. The van der Waals surface area contributed by atoms with Gasteiger partial charge in [0.15, 0.2) is 0 Å². The van der Waals surface area contributed by atoms with Crippen LogP contribution in [0.25, 0.3) is 11.0 Å². The van der Waals surface area contributed by atoms with Gasteiger partial charge in [0.1, 0.15) is 17.8 Å². The van der Waals surface area contributed by atoms with Gasteiger partial charge in [-0.2, -0.15) is 0 Å². The molecule has 0 radical (unpaired) electrons. The second-order valence-corrected chi connectivity index (χ2v) is 6.36. The first-order valence-corrected chi connectivity index (χ1v) is 8.37. The Balaban J connectivity index is 1.49. The number of methoxy groups -OCH3 is 1. The van der Waals surface area contributed by atoms with Crippen LogP contribution < -0.4 is 4.90 Å². The summed E-state index contributed by atoms with van der Waals surface area (Å²) < 4.78 is 10.5. The van der Waals surface area contributed by atoms with Crippen LogP contribution in [0.15, 0.2) is 18.6 Å². The van der Waals surface area contributed by atoms with Crippen molar-refractivity contribution in [1.82, 2.24) is 19.9 Å². The van der Waals surface area contributed by atoms with Gasteiger partial charge < -0.3 is 24.5 Å². The number of aliphatic hydroxyl groups is 1. The molecule has 2 saturated heterocycles. The van der Waals surface area contributed by atoms with Gasteiger partial charge in [0.2, 0.25) is 6.41 Å². The number of anilines is 1. The summed E-state index contributed by atoms with van der Waals surface area (Å²) in [7, 11) is 1.63. The molecule has 4 heterocycles. The molecule has 0 aromatic carbocycles. The molecule has 8 nitrogen and oxygen atoms in total. The number of aromatic nitrogens is 3. The van der Waals surface area contributed by atoms with Crippen molar-refractivity contribution in [2.45, 2.75) is 31.3 Å². The number of fused-ring (bicyclic) bond motifs is 3. The molecule has 2 aliphatic rings. The van der Waals surface area contributed by atoms with Gasteiger partial charge in [-0.25, -0.2) is 14.9 Å². The van der Waals surface area contributed by atoms with E-state index in [4.69, 9.17) is 9.47 Å². The fraction of sp³-hybridized carbons (Fsp3) is 0.625. The van der Waals surface area contributed by atoms with Gasteiger partial charge in [-0.15, -0.1) is 0 Å². The van der Waals surface area contributed by atoms with Crippen molar-refractivity contribution in [2.75, 3.05) is 38.3 Å². The summed E-state index contributed by atoms with van der Waals surface area (Å²) in [6.45, 7) is 2.54. The Kier molecular flexibility index (Phi) is 4.36. The summed E-state index contributed by atoms with van der Waals surface area (Å²) in [5, 5.41) is 11.4. The summed E-state index contributed by atoms with van der Waals surface area (Å²) in [5.41, 5.74) is 0.859. The average Bonchev–Trinajstić information content (AvgIpc) is 3.17. The van der Waals surface area contributed by atoms with Crippen LogP contribution in [0.3, 0.4) is 0 Å². The zero-order valence-corrected chi connectivity index (χ0v) is 13.8. The zero-order valence-electron chi connectivity index (χ0n) is 13.8. The lowest BCUT2D eigenvalue weighted by Gasteiger charge is -2.43. The maximum atomic E-state index is 10.4. The van der Waals surface area contributed by atoms with Gasteiger partial charge in [0.05, 0.1) is 18.6 Å². The Bertz CT molecular complexity index is 679. The summed E-state index contributed by atoms with van der Waals surface area (Å²) in [6.07, 6.45) is 4.75. The summed E-state index contributed by atoms with van der Waals surface area (Å²) in [6, 6.07) is 2.55. The molecule has 24 heavy (non-hydrogen) atoms. The molecule has 2 fully saturated rings. The van der Waals surface area contributed by atoms with E-state index in [0.29, 0.717) is 13.2 Å².